The molecule has 0 atom stereocenters. The van der Waals surface area contributed by atoms with Crippen molar-refractivity contribution in [2.24, 2.45) is 0 Å². The Morgan fingerprint density at radius 3 is 1.65 bits per heavy atom. The lowest BCUT2D eigenvalue weighted by molar-refractivity contribution is 0.0985. The molecule has 0 unspecified atom stereocenters. The first-order chi connectivity index (χ1) is 16.5. The molecule has 4 heteroatoms. The van der Waals surface area contributed by atoms with Crippen molar-refractivity contribution in [3.05, 3.63) is 138 Å². The molecule has 0 spiro atoms. The van der Waals surface area contributed by atoms with Crippen LogP contribution in [0.5, 0.6) is 0 Å². The Kier molecular flexibility index (Phi) is 6.62. The van der Waals surface area contributed by atoms with E-state index in [9.17, 15) is 9.59 Å². The molecule has 2 aliphatic rings. The average molecular weight is 574 g/mol. The Morgan fingerprint density at radius 1 is 0.441 bits per heavy atom. The summed E-state index contributed by atoms with van der Waals surface area (Å²) in [6, 6.07) is 28.3. The largest absolute Gasteiger partial charge is 0.294 e. The van der Waals surface area contributed by atoms with Crippen LogP contribution in [0.1, 0.15) is 54.1 Å². The third-order valence-corrected chi connectivity index (χ3v) is 7.43. The van der Waals surface area contributed by atoms with Crippen LogP contribution >= 0.6 is 31.9 Å². The summed E-state index contributed by atoms with van der Waals surface area (Å²) in [5.41, 5.74) is 8.82. The van der Waals surface area contributed by atoms with E-state index >= 15 is 0 Å². The van der Waals surface area contributed by atoms with Gasteiger partial charge in [0.05, 0.1) is 0 Å². The highest BCUT2D eigenvalue weighted by Crippen LogP contribution is 2.27. The number of carbonyl (C=O) groups excluding carboxylic acids is 2. The van der Waals surface area contributed by atoms with Gasteiger partial charge in [0, 0.05) is 32.9 Å². The maximum Gasteiger partial charge on any atom is 0.167 e. The van der Waals surface area contributed by atoms with Gasteiger partial charge in [-0.1, -0.05) is 92.5 Å². The van der Waals surface area contributed by atoms with Crippen LogP contribution in [0, 0.1) is 0 Å². The van der Waals surface area contributed by atoms with Gasteiger partial charge in [-0.15, -0.1) is 0 Å². The van der Waals surface area contributed by atoms with Crippen LogP contribution < -0.4 is 0 Å². The van der Waals surface area contributed by atoms with Gasteiger partial charge in [0.1, 0.15) is 0 Å². The van der Waals surface area contributed by atoms with Crippen LogP contribution in [0.4, 0.5) is 0 Å². The molecule has 6 rings (SSSR count). The summed E-state index contributed by atoms with van der Waals surface area (Å²) in [7, 11) is 0. The smallest absolute Gasteiger partial charge is 0.167 e. The summed E-state index contributed by atoms with van der Waals surface area (Å²) in [6.07, 6.45) is 2.72. The summed E-state index contributed by atoms with van der Waals surface area (Å²) in [5.74, 6) is 0.434. The Bertz CT molecular complexity index is 1420. The first-order valence-electron chi connectivity index (χ1n) is 11.2. The first-order valence-corrected chi connectivity index (χ1v) is 12.8. The fourth-order valence-corrected chi connectivity index (χ4v) is 5.46. The Morgan fingerprint density at radius 2 is 0.912 bits per heavy atom. The second-order valence-corrected chi connectivity index (χ2v) is 10.5. The van der Waals surface area contributed by atoms with Crippen LogP contribution in [-0.2, 0) is 25.7 Å². The number of halogens is 2. The molecule has 0 aliphatic heterocycles. The molecule has 2 aliphatic carbocycles. The quantitative estimate of drug-likeness (QED) is 0.217. The lowest BCUT2D eigenvalue weighted by atomic mass is 10.0. The minimum Gasteiger partial charge on any atom is -0.294 e. The number of benzene rings is 4. The zero-order valence-electron chi connectivity index (χ0n) is 18.5. The Balaban J connectivity index is 0.000000142. The molecular weight excluding hydrogens is 552 g/mol. The highest BCUT2D eigenvalue weighted by molar-refractivity contribution is 9.10. The van der Waals surface area contributed by atoms with E-state index in [1.165, 1.54) is 11.1 Å². The van der Waals surface area contributed by atoms with Crippen LogP contribution in [0.2, 0.25) is 0 Å². The van der Waals surface area contributed by atoms with E-state index in [1.54, 1.807) is 0 Å². The second-order valence-electron chi connectivity index (χ2n) is 8.69. The number of hydrogen-bond acceptors (Lipinski definition) is 2. The van der Waals surface area contributed by atoms with Gasteiger partial charge < -0.3 is 0 Å². The molecule has 0 aromatic heterocycles. The number of hydrogen-bond donors (Lipinski definition) is 0. The highest BCUT2D eigenvalue weighted by atomic mass is 79.9. The number of carbonyl (C=O) groups is 2. The SMILES string of the molecule is O=C1Cc2cc(Br)ccc2Cc2ccccc21.O=C1Cc2ccccc2Cc2ccc(Br)cc21. The van der Waals surface area contributed by atoms with Crippen molar-refractivity contribution >= 4 is 43.4 Å². The molecule has 4 aromatic carbocycles. The van der Waals surface area contributed by atoms with Crippen molar-refractivity contribution in [1.29, 1.82) is 0 Å². The lowest BCUT2D eigenvalue weighted by Crippen LogP contribution is -2.03. The number of Topliss-reactive ketones (excluding diaryl/α,β-unsaturated/α-hetero) is 2. The van der Waals surface area contributed by atoms with E-state index < -0.39 is 0 Å². The Labute approximate surface area is 216 Å². The molecule has 0 N–H and O–H groups in total. The van der Waals surface area contributed by atoms with Gasteiger partial charge in [-0.25, -0.2) is 0 Å². The normalized spacial score (nSPS) is 13.8. The van der Waals surface area contributed by atoms with E-state index in [1.807, 2.05) is 66.7 Å². The molecule has 0 saturated heterocycles. The van der Waals surface area contributed by atoms with Crippen molar-refractivity contribution in [3.63, 3.8) is 0 Å². The van der Waals surface area contributed by atoms with Crippen molar-refractivity contribution in [1.82, 2.24) is 0 Å². The second kappa shape index (κ2) is 9.81. The molecule has 0 bridgehead atoms. The minimum absolute atomic E-state index is 0.214. The van der Waals surface area contributed by atoms with Crippen molar-refractivity contribution in [2.75, 3.05) is 0 Å². The maximum atomic E-state index is 12.2. The molecule has 34 heavy (non-hydrogen) atoms. The summed E-state index contributed by atoms with van der Waals surface area (Å²) in [6.45, 7) is 0. The molecule has 2 nitrogen and oxygen atoms in total. The third kappa shape index (κ3) is 4.84. The van der Waals surface area contributed by atoms with Gasteiger partial charge in [0.25, 0.3) is 0 Å². The molecule has 0 radical (unpaired) electrons. The number of ketones is 2. The van der Waals surface area contributed by atoms with Crippen molar-refractivity contribution in [2.45, 2.75) is 25.7 Å². The van der Waals surface area contributed by atoms with Gasteiger partial charge in [-0.05, 0) is 70.5 Å². The van der Waals surface area contributed by atoms with Crippen LogP contribution in [-0.4, -0.2) is 11.6 Å². The van der Waals surface area contributed by atoms with Crippen molar-refractivity contribution < 1.29 is 9.59 Å². The topological polar surface area (TPSA) is 34.1 Å². The van der Waals surface area contributed by atoms with E-state index in [-0.39, 0.29) is 11.6 Å². The Hall–Kier alpha value is -2.82. The van der Waals surface area contributed by atoms with Crippen molar-refractivity contribution in [3.8, 4) is 0 Å². The third-order valence-electron chi connectivity index (χ3n) is 6.44. The summed E-state index contributed by atoms with van der Waals surface area (Å²) in [5, 5.41) is 0. The van der Waals surface area contributed by atoms with E-state index in [0.29, 0.717) is 12.8 Å². The number of fused-ring (bicyclic) bond motifs is 4. The summed E-state index contributed by atoms with van der Waals surface area (Å²) >= 11 is 6.89. The zero-order valence-corrected chi connectivity index (χ0v) is 21.7. The lowest BCUT2D eigenvalue weighted by Gasteiger charge is -2.05. The van der Waals surface area contributed by atoms with Gasteiger partial charge in [0.15, 0.2) is 11.6 Å². The molecule has 0 fully saturated rings. The monoisotopic (exact) mass is 572 g/mol. The van der Waals surface area contributed by atoms with E-state index in [2.05, 4.69) is 50.1 Å². The fourth-order valence-electron chi connectivity index (χ4n) is 4.69. The van der Waals surface area contributed by atoms with Gasteiger partial charge in [0.2, 0.25) is 0 Å². The van der Waals surface area contributed by atoms with Gasteiger partial charge >= 0.3 is 0 Å². The predicted octanol–water partition coefficient (Wildman–Crippen LogP) is 7.56. The predicted molar refractivity (Wildman–Crippen MR) is 143 cm³/mol. The molecule has 168 valence electrons. The minimum atomic E-state index is 0.214. The first kappa shape index (κ1) is 22.9. The molecule has 0 amide bonds. The zero-order chi connectivity index (χ0) is 23.7. The van der Waals surface area contributed by atoms with E-state index in [0.717, 1.165) is 55.2 Å². The van der Waals surface area contributed by atoms with Gasteiger partial charge in [-0.3, -0.25) is 9.59 Å². The standard InChI is InChI=1S/2C15H11BrO/c16-13-6-5-10-7-11-3-1-2-4-14(11)15(17)9-12(10)8-13;16-13-6-5-12-7-10-3-1-2-4-11(10)8-15(17)14(12)9-13/h1-6,8H,7,9H2;1-6,9H,7-8H2. The molecular formula is C30H22Br2O2. The maximum absolute atomic E-state index is 12.2. The molecule has 4 aromatic rings. The average Bonchev–Trinajstić information content (AvgIpc) is 3.06. The summed E-state index contributed by atoms with van der Waals surface area (Å²) < 4.78 is 2.01. The van der Waals surface area contributed by atoms with Crippen LogP contribution in [0.15, 0.2) is 93.9 Å². The molecule has 0 saturated carbocycles. The molecule has 0 heterocycles. The van der Waals surface area contributed by atoms with E-state index in [4.69, 9.17) is 0 Å². The summed E-state index contributed by atoms with van der Waals surface area (Å²) in [4.78, 5) is 24.4. The van der Waals surface area contributed by atoms with Crippen LogP contribution in [0.25, 0.3) is 0 Å². The fraction of sp³-hybridized carbons (Fsp3) is 0.133. The highest BCUT2D eigenvalue weighted by Gasteiger charge is 2.20. The van der Waals surface area contributed by atoms with Gasteiger partial charge in [-0.2, -0.15) is 0 Å². The number of rotatable bonds is 0. The van der Waals surface area contributed by atoms with Crippen LogP contribution in [0.3, 0.4) is 0 Å².